The van der Waals surface area contributed by atoms with Gasteiger partial charge in [0.05, 0.1) is 12.7 Å². The van der Waals surface area contributed by atoms with Crippen LogP contribution in [0.25, 0.3) is 0 Å². The second-order valence-corrected chi connectivity index (χ2v) is 3.99. The van der Waals surface area contributed by atoms with Crippen molar-refractivity contribution in [2.75, 3.05) is 20.2 Å². The molecule has 0 unspecified atom stereocenters. The van der Waals surface area contributed by atoms with Crippen LogP contribution in [0.2, 0.25) is 0 Å². The van der Waals surface area contributed by atoms with Gasteiger partial charge in [0.1, 0.15) is 5.76 Å². The summed E-state index contributed by atoms with van der Waals surface area (Å²) in [4.78, 5) is 0. The average molecular weight is 212 g/mol. The molecule has 1 aromatic rings. The van der Waals surface area contributed by atoms with Gasteiger partial charge < -0.3 is 19.7 Å². The third-order valence-electron chi connectivity index (χ3n) is 2.78. The van der Waals surface area contributed by atoms with Gasteiger partial charge >= 0.3 is 0 Å². The molecule has 5 heteroatoms. The number of piperidine rings is 1. The number of hydrogen-bond acceptors (Lipinski definition) is 5. The number of nitrogens with zero attached hydrogens (tertiary/aromatic N) is 1. The van der Waals surface area contributed by atoms with Crippen molar-refractivity contribution in [2.45, 2.75) is 24.9 Å². The van der Waals surface area contributed by atoms with E-state index in [1.165, 1.54) is 0 Å². The van der Waals surface area contributed by atoms with Crippen LogP contribution in [0.3, 0.4) is 0 Å². The maximum absolute atomic E-state index is 10.2. The maximum atomic E-state index is 10.2. The molecule has 1 fully saturated rings. The molecule has 0 atom stereocenters. The maximum Gasteiger partial charge on any atom is 0.254 e. The van der Waals surface area contributed by atoms with Crippen molar-refractivity contribution in [3.05, 3.63) is 11.8 Å². The lowest BCUT2D eigenvalue weighted by atomic mass is 9.88. The van der Waals surface area contributed by atoms with Crippen molar-refractivity contribution in [2.24, 2.45) is 0 Å². The highest BCUT2D eigenvalue weighted by Gasteiger charge is 2.30. The van der Waals surface area contributed by atoms with Gasteiger partial charge in [-0.2, -0.15) is 0 Å². The molecule has 2 heterocycles. The fourth-order valence-electron chi connectivity index (χ4n) is 1.87. The monoisotopic (exact) mass is 212 g/mol. The SMILES string of the molecule is COc1cc(CC2(O)CCNCC2)on1. The lowest BCUT2D eigenvalue weighted by molar-refractivity contribution is 0.00545. The number of aliphatic hydroxyl groups is 1. The number of methoxy groups -OCH3 is 1. The summed E-state index contributed by atoms with van der Waals surface area (Å²) in [5.74, 6) is 1.14. The van der Waals surface area contributed by atoms with Crippen LogP contribution in [0.5, 0.6) is 5.88 Å². The molecule has 1 aliphatic heterocycles. The number of nitrogens with one attached hydrogen (secondary N) is 1. The van der Waals surface area contributed by atoms with Crippen LogP contribution in [0, 0.1) is 0 Å². The molecular weight excluding hydrogens is 196 g/mol. The zero-order chi connectivity index (χ0) is 10.7. The molecule has 0 spiro atoms. The summed E-state index contributed by atoms with van der Waals surface area (Å²) in [7, 11) is 1.54. The summed E-state index contributed by atoms with van der Waals surface area (Å²) in [5.41, 5.74) is -0.657. The Morgan fingerprint density at radius 1 is 1.60 bits per heavy atom. The van der Waals surface area contributed by atoms with Crippen molar-refractivity contribution in [3.8, 4) is 5.88 Å². The third-order valence-corrected chi connectivity index (χ3v) is 2.78. The van der Waals surface area contributed by atoms with Crippen molar-refractivity contribution in [1.82, 2.24) is 10.5 Å². The minimum Gasteiger partial charge on any atom is -0.479 e. The fraction of sp³-hybridized carbons (Fsp3) is 0.700. The summed E-state index contributed by atoms with van der Waals surface area (Å²) < 4.78 is 9.99. The lowest BCUT2D eigenvalue weighted by Gasteiger charge is -2.31. The smallest absolute Gasteiger partial charge is 0.254 e. The van der Waals surface area contributed by atoms with Gasteiger partial charge in [-0.3, -0.25) is 0 Å². The molecule has 0 aliphatic carbocycles. The van der Waals surface area contributed by atoms with Gasteiger partial charge in [0.25, 0.3) is 5.88 Å². The summed E-state index contributed by atoms with van der Waals surface area (Å²) in [6, 6.07) is 1.72. The first-order valence-corrected chi connectivity index (χ1v) is 5.14. The minimum atomic E-state index is -0.657. The van der Waals surface area contributed by atoms with Gasteiger partial charge in [0.15, 0.2) is 0 Å². The Morgan fingerprint density at radius 2 is 2.33 bits per heavy atom. The molecule has 0 aromatic carbocycles. The van der Waals surface area contributed by atoms with Gasteiger partial charge in [-0.05, 0) is 31.1 Å². The first-order valence-electron chi connectivity index (χ1n) is 5.14. The standard InChI is InChI=1S/C10H16N2O3/c1-14-9-6-8(15-12-9)7-10(13)2-4-11-5-3-10/h6,11,13H,2-5,7H2,1H3. The van der Waals surface area contributed by atoms with E-state index in [0.717, 1.165) is 25.9 Å². The first kappa shape index (κ1) is 10.4. The Hall–Kier alpha value is -1.07. The number of aromatic nitrogens is 1. The normalized spacial score (nSPS) is 20.1. The van der Waals surface area contributed by atoms with Crippen molar-refractivity contribution < 1.29 is 14.4 Å². The van der Waals surface area contributed by atoms with Crippen molar-refractivity contribution in [3.63, 3.8) is 0 Å². The molecule has 0 radical (unpaired) electrons. The zero-order valence-electron chi connectivity index (χ0n) is 8.82. The Morgan fingerprint density at radius 3 is 2.93 bits per heavy atom. The Kier molecular flexibility index (Phi) is 2.93. The van der Waals surface area contributed by atoms with Crippen LogP contribution in [-0.4, -0.2) is 36.1 Å². The minimum absolute atomic E-state index is 0.461. The van der Waals surface area contributed by atoms with E-state index in [9.17, 15) is 5.11 Å². The molecule has 15 heavy (non-hydrogen) atoms. The van der Waals surface area contributed by atoms with E-state index in [4.69, 9.17) is 9.26 Å². The second kappa shape index (κ2) is 4.20. The molecule has 1 aromatic heterocycles. The summed E-state index contributed by atoms with van der Waals surface area (Å²) in [6.07, 6.45) is 2.00. The van der Waals surface area contributed by atoms with Gasteiger partial charge in [-0.1, -0.05) is 0 Å². The predicted octanol–water partition coefficient (Wildman–Crippen LogP) is 0.340. The van der Waals surface area contributed by atoms with E-state index in [0.29, 0.717) is 18.1 Å². The molecule has 0 saturated carbocycles. The van der Waals surface area contributed by atoms with Gasteiger partial charge in [-0.15, -0.1) is 0 Å². The van der Waals surface area contributed by atoms with E-state index in [2.05, 4.69) is 10.5 Å². The molecule has 5 nitrogen and oxygen atoms in total. The number of ether oxygens (including phenoxy) is 1. The van der Waals surface area contributed by atoms with Crippen LogP contribution < -0.4 is 10.1 Å². The third kappa shape index (κ3) is 2.49. The zero-order valence-corrected chi connectivity index (χ0v) is 8.82. The summed E-state index contributed by atoms with van der Waals surface area (Å²) in [5, 5.41) is 17.2. The van der Waals surface area contributed by atoms with Crippen LogP contribution in [0.4, 0.5) is 0 Å². The van der Waals surface area contributed by atoms with E-state index in [1.54, 1.807) is 13.2 Å². The summed E-state index contributed by atoms with van der Waals surface area (Å²) in [6.45, 7) is 1.70. The molecule has 1 saturated heterocycles. The molecule has 1 aliphatic rings. The molecule has 84 valence electrons. The molecular formula is C10H16N2O3. The second-order valence-electron chi connectivity index (χ2n) is 3.99. The fourth-order valence-corrected chi connectivity index (χ4v) is 1.87. The van der Waals surface area contributed by atoms with Crippen LogP contribution in [-0.2, 0) is 6.42 Å². The molecule has 2 rings (SSSR count). The number of hydrogen-bond donors (Lipinski definition) is 2. The predicted molar refractivity (Wildman–Crippen MR) is 53.8 cm³/mol. The largest absolute Gasteiger partial charge is 0.479 e. The Labute approximate surface area is 88.4 Å². The quantitative estimate of drug-likeness (QED) is 0.756. The van der Waals surface area contributed by atoms with Crippen molar-refractivity contribution >= 4 is 0 Å². The Bertz CT molecular complexity index is 318. The highest BCUT2D eigenvalue weighted by atomic mass is 16.5. The Balaban J connectivity index is 2.00. The average Bonchev–Trinajstić information content (AvgIpc) is 2.66. The highest BCUT2D eigenvalue weighted by Crippen LogP contribution is 2.24. The van der Waals surface area contributed by atoms with Crippen LogP contribution in [0.15, 0.2) is 10.6 Å². The van der Waals surface area contributed by atoms with Crippen molar-refractivity contribution in [1.29, 1.82) is 0 Å². The molecule has 0 bridgehead atoms. The number of rotatable bonds is 3. The lowest BCUT2D eigenvalue weighted by Crippen LogP contribution is -2.43. The van der Waals surface area contributed by atoms with Gasteiger partial charge in [-0.25, -0.2) is 0 Å². The van der Waals surface area contributed by atoms with E-state index >= 15 is 0 Å². The molecule has 0 amide bonds. The van der Waals surface area contributed by atoms with Gasteiger partial charge in [0.2, 0.25) is 0 Å². The van der Waals surface area contributed by atoms with E-state index in [-0.39, 0.29) is 0 Å². The summed E-state index contributed by atoms with van der Waals surface area (Å²) >= 11 is 0. The van der Waals surface area contributed by atoms with Crippen LogP contribution >= 0.6 is 0 Å². The van der Waals surface area contributed by atoms with E-state index < -0.39 is 5.60 Å². The topological polar surface area (TPSA) is 67.5 Å². The first-order chi connectivity index (χ1) is 7.22. The van der Waals surface area contributed by atoms with Crippen LogP contribution in [0.1, 0.15) is 18.6 Å². The van der Waals surface area contributed by atoms with E-state index in [1.807, 2.05) is 0 Å². The highest BCUT2D eigenvalue weighted by molar-refractivity contribution is 5.13. The molecule has 2 N–H and O–H groups in total. The van der Waals surface area contributed by atoms with Gasteiger partial charge in [0, 0.05) is 12.5 Å².